The van der Waals surface area contributed by atoms with Crippen LogP contribution in [0.3, 0.4) is 0 Å². The van der Waals surface area contributed by atoms with Crippen LogP contribution in [0.5, 0.6) is 0 Å². The van der Waals surface area contributed by atoms with Crippen LogP contribution in [0.4, 0.5) is 0 Å². The molecular formula is C18H27Cl2N3O3S. The first-order valence-corrected chi connectivity index (χ1v) is 11.3. The van der Waals surface area contributed by atoms with Crippen molar-refractivity contribution in [3.8, 4) is 0 Å². The van der Waals surface area contributed by atoms with Gasteiger partial charge in [-0.2, -0.15) is 0 Å². The van der Waals surface area contributed by atoms with Crippen LogP contribution in [0.25, 0.3) is 0 Å². The molecule has 9 heteroatoms. The number of halogens is 2. The number of rotatable bonds is 9. The zero-order chi connectivity index (χ0) is 20.4. The molecule has 0 aromatic heterocycles. The fourth-order valence-corrected chi connectivity index (χ4v) is 5.06. The molecule has 1 amide bonds. The normalized spacial score (nSPS) is 15.0. The number of carbonyl (C=O) groups is 1. The van der Waals surface area contributed by atoms with E-state index >= 15 is 0 Å². The number of nitrogens with zero attached hydrogens (tertiary/aromatic N) is 1. The van der Waals surface area contributed by atoms with Crippen LogP contribution in [-0.4, -0.2) is 50.4 Å². The lowest BCUT2D eigenvalue weighted by Crippen LogP contribution is -2.42. The van der Waals surface area contributed by atoms with Gasteiger partial charge in [0.1, 0.15) is 4.90 Å². The topological polar surface area (TPSA) is 78.5 Å². The van der Waals surface area contributed by atoms with Gasteiger partial charge in [-0.1, -0.05) is 23.2 Å². The molecule has 0 bridgehead atoms. The van der Waals surface area contributed by atoms with Crippen molar-refractivity contribution in [3.63, 3.8) is 0 Å². The monoisotopic (exact) mass is 435 g/mol. The quantitative estimate of drug-likeness (QED) is 0.623. The smallest absolute Gasteiger partial charge is 0.252 e. The summed E-state index contributed by atoms with van der Waals surface area (Å²) in [7, 11) is -3.79. The summed E-state index contributed by atoms with van der Waals surface area (Å²) in [5, 5.41) is 2.92. The van der Waals surface area contributed by atoms with Crippen molar-refractivity contribution >= 4 is 39.1 Å². The SMILES string of the molecule is CC(C)N(CCNC(=O)c1cc(S(=O)(=O)NC2CC2)c(Cl)cc1Cl)C(C)C. The van der Waals surface area contributed by atoms with Crippen LogP contribution in [-0.2, 0) is 10.0 Å². The van der Waals surface area contributed by atoms with E-state index in [1.54, 1.807) is 0 Å². The molecule has 27 heavy (non-hydrogen) atoms. The van der Waals surface area contributed by atoms with Crippen molar-refractivity contribution in [1.29, 1.82) is 0 Å². The van der Waals surface area contributed by atoms with E-state index in [0.717, 1.165) is 12.8 Å². The summed E-state index contributed by atoms with van der Waals surface area (Å²) in [6, 6.07) is 3.19. The minimum absolute atomic E-state index is 0.00418. The predicted octanol–water partition coefficient (Wildman–Crippen LogP) is 3.28. The van der Waals surface area contributed by atoms with Gasteiger partial charge in [-0.25, -0.2) is 13.1 Å². The van der Waals surface area contributed by atoms with Crippen molar-refractivity contribution in [2.24, 2.45) is 0 Å². The molecule has 0 heterocycles. The first-order chi connectivity index (χ1) is 12.5. The highest BCUT2D eigenvalue weighted by Gasteiger charge is 2.30. The van der Waals surface area contributed by atoms with Gasteiger partial charge in [0.15, 0.2) is 0 Å². The number of sulfonamides is 1. The molecule has 0 aliphatic heterocycles. The van der Waals surface area contributed by atoms with Crippen molar-refractivity contribution in [3.05, 3.63) is 27.7 Å². The molecule has 0 spiro atoms. The van der Waals surface area contributed by atoms with Gasteiger partial charge in [0.25, 0.3) is 5.91 Å². The van der Waals surface area contributed by atoms with Gasteiger partial charge in [0.05, 0.1) is 15.6 Å². The minimum Gasteiger partial charge on any atom is -0.351 e. The van der Waals surface area contributed by atoms with E-state index in [1.807, 2.05) is 0 Å². The van der Waals surface area contributed by atoms with Gasteiger partial charge in [-0.3, -0.25) is 9.69 Å². The zero-order valence-corrected chi connectivity index (χ0v) is 18.4. The number of nitrogens with one attached hydrogen (secondary N) is 2. The molecule has 1 fully saturated rings. The molecule has 0 unspecified atom stereocenters. The number of benzene rings is 1. The summed E-state index contributed by atoms with van der Waals surface area (Å²) >= 11 is 12.2. The van der Waals surface area contributed by atoms with Crippen LogP contribution in [0.2, 0.25) is 10.0 Å². The van der Waals surface area contributed by atoms with Crippen molar-refractivity contribution in [2.45, 2.75) is 63.6 Å². The lowest BCUT2D eigenvalue weighted by atomic mass is 10.2. The highest BCUT2D eigenvalue weighted by molar-refractivity contribution is 7.89. The molecule has 0 atom stereocenters. The van der Waals surface area contributed by atoms with E-state index in [0.29, 0.717) is 25.2 Å². The van der Waals surface area contributed by atoms with Gasteiger partial charge in [-0.15, -0.1) is 0 Å². The van der Waals surface area contributed by atoms with Crippen LogP contribution >= 0.6 is 23.2 Å². The Balaban J connectivity index is 2.12. The van der Waals surface area contributed by atoms with Gasteiger partial charge in [-0.05, 0) is 52.7 Å². The van der Waals surface area contributed by atoms with Crippen molar-refractivity contribution in [1.82, 2.24) is 14.9 Å². The van der Waals surface area contributed by atoms with E-state index in [-0.39, 0.29) is 26.5 Å². The molecular weight excluding hydrogens is 409 g/mol. The summed E-state index contributed by atoms with van der Waals surface area (Å²) in [5.41, 5.74) is 0.0953. The van der Waals surface area contributed by atoms with E-state index < -0.39 is 15.9 Å². The zero-order valence-electron chi connectivity index (χ0n) is 16.1. The Morgan fingerprint density at radius 1 is 1.15 bits per heavy atom. The van der Waals surface area contributed by atoms with Gasteiger partial charge in [0.2, 0.25) is 10.0 Å². The van der Waals surface area contributed by atoms with Crippen LogP contribution in [0.15, 0.2) is 17.0 Å². The average Bonchev–Trinajstić information content (AvgIpc) is 3.33. The van der Waals surface area contributed by atoms with Crippen LogP contribution in [0.1, 0.15) is 50.9 Å². The van der Waals surface area contributed by atoms with Gasteiger partial charge < -0.3 is 5.32 Å². The van der Waals surface area contributed by atoms with E-state index in [4.69, 9.17) is 23.2 Å². The summed E-state index contributed by atoms with van der Waals surface area (Å²) in [6.45, 7) is 9.50. The molecule has 0 radical (unpaired) electrons. The lowest BCUT2D eigenvalue weighted by Gasteiger charge is -2.30. The van der Waals surface area contributed by atoms with Crippen molar-refractivity contribution < 1.29 is 13.2 Å². The largest absolute Gasteiger partial charge is 0.351 e. The summed E-state index contributed by atoms with van der Waals surface area (Å²) in [5.74, 6) is -0.424. The Kier molecular flexibility index (Phi) is 7.55. The Morgan fingerprint density at radius 2 is 1.74 bits per heavy atom. The highest BCUT2D eigenvalue weighted by Crippen LogP contribution is 2.30. The Hall–Kier alpha value is -0.860. The molecule has 1 aromatic rings. The van der Waals surface area contributed by atoms with Crippen LogP contribution < -0.4 is 10.0 Å². The minimum atomic E-state index is -3.79. The second-order valence-electron chi connectivity index (χ2n) is 7.34. The van der Waals surface area contributed by atoms with E-state index in [9.17, 15) is 13.2 Å². The maximum atomic E-state index is 12.5. The number of amides is 1. The molecule has 0 saturated heterocycles. The third kappa shape index (κ3) is 6.06. The molecule has 152 valence electrons. The number of hydrogen-bond acceptors (Lipinski definition) is 4. The third-order valence-electron chi connectivity index (χ3n) is 4.44. The molecule has 1 aromatic carbocycles. The Bertz CT molecular complexity index is 785. The second kappa shape index (κ2) is 9.09. The first kappa shape index (κ1) is 22.4. The van der Waals surface area contributed by atoms with E-state index in [2.05, 4.69) is 42.6 Å². The summed E-state index contributed by atoms with van der Waals surface area (Å²) in [6.07, 6.45) is 1.61. The molecule has 2 rings (SSSR count). The van der Waals surface area contributed by atoms with Gasteiger partial charge in [0, 0.05) is 31.2 Å². The molecule has 2 N–H and O–H groups in total. The highest BCUT2D eigenvalue weighted by atomic mass is 35.5. The molecule has 6 nitrogen and oxygen atoms in total. The maximum absolute atomic E-state index is 12.5. The third-order valence-corrected chi connectivity index (χ3v) is 6.73. The van der Waals surface area contributed by atoms with Crippen LogP contribution in [0, 0.1) is 0 Å². The standard InChI is InChI=1S/C18H27Cl2N3O3S/c1-11(2)23(12(3)4)8-7-21-18(24)14-9-17(16(20)10-15(14)19)27(25,26)22-13-5-6-13/h9-13,22H,5-8H2,1-4H3,(H,21,24). The maximum Gasteiger partial charge on any atom is 0.252 e. The molecule has 1 aliphatic carbocycles. The summed E-state index contributed by atoms with van der Waals surface area (Å²) in [4.78, 5) is 14.7. The Morgan fingerprint density at radius 3 is 2.26 bits per heavy atom. The average molecular weight is 436 g/mol. The van der Waals surface area contributed by atoms with Gasteiger partial charge >= 0.3 is 0 Å². The predicted molar refractivity (Wildman–Crippen MR) is 109 cm³/mol. The first-order valence-electron chi connectivity index (χ1n) is 9.08. The fraction of sp³-hybridized carbons (Fsp3) is 0.611. The lowest BCUT2D eigenvalue weighted by molar-refractivity contribution is 0.0939. The second-order valence-corrected chi connectivity index (χ2v) is 9.84. The van der Waals surface area contributed by atoms with E-state index in [1.165, 1.54) is 12.1 Å². The number of hydrogen-bond donors (Lipinski definition) is 2. The van der Waals surface area contributed by atoms with Crippen molar-refractivity contribution in [2.75, 3.05) is 13.1 Å². The molecule has 1 saturated carbocycles. The fourth-order valence-electron chi connectivity index (χ4n) is 2.90. The Labute approximate surface area is 171 Å². The number of carbonyl (C=O) groups excluding carboxylic acids is 1. The molecule has 1 aliphatic rings. The summed E-state index contributed by atoms with van der Waals surface area (Å²) < 4.78 is 27.5.